The highest BCUT2D eigenvalue weighted by molar-refractivity contribution is 6.04. The van der Waals surface area contributed by atoms with Crippen molar-refractivity contribution in [2.24, 2.45) is 5.41 Å². The molecule has 150 valence electrons. The van der Waals surface area contributed by atoms with Gasteiger partial charge in [0, 0.05) is 29.3 Å². The largest absolute Gasteiger partial charge is 0.497 e. The molecule has 1 aliphatic heterocycles. The van der Waals surface area contributed by atoms with Crippen LogP contribution in [0, 0.1) is 5.41 Å². The summed E-state index contributed by atoms with van der Waals surface area (Å²) in [6, 6.07) is 7.58. The number of ketones is 1. The molecule has 0 fully saturated rings. The molecule has 5 heteroatoms. The molecule has 1 atom stereocenters. The fourth-order valence-corrected chi connectivity index (χ4v) is 4.13. The van der Waals surface area contributed by atoms with Gasteiger partial charge in [-0.15, -0.1) is 0 Å². The summed E-state index contributed by atoms with van der Waals surface area (Å²) in [4.78, 5) is 26.1. The van der Waals surface area contributed by atoms with Crippen LogP contribution in [0.1, 0.15) is 58.4 Å². The number of allylic oxidation sites excluding steroid dienone is 3. The Balaban J connectivity index is 2.15. The van der Waals surface area contributed by atoms with E-state index in [0.717, 1.165) is 29.8 Å². The quantitative estimate of drug-likeness (QED) is 0.770. The number of nitrogens with one attached hydrogen (secondary N) is 1. The summed E-state index contributed by atoms with van der Waals surface area (Å²) in [6.45, 7) is 8.39. The van der Waals surface area contributed by atoms with Crippen molar-refractivity contribution >= 4 is 11.8 Å². The Bertz CT molecular complexity index is 863. The van der Waals surface area contributed by atoms with Gasteiger partial charge in [-0.25, -0.2) is 4.79 Å². The summed E-state index contributed by atoms with van der Waals surface area (Å²) in [7, 11) is 1.61. The van der Waals surface area contributed by atoms with Gasteiger partial charge in [-0.2, -0.15) is 0 Å². The number of methoxy groups -OCH3 is 1. The third-order valence-electron chi connectivity index (χ3n) is 5.32. The second-order valence-electron chi connectivity index (χ2n) is 8.34. The number of hydrogen-bond acceptors (Lipinski definition) is 5. The first-order chi connectivity index (χ1) is 13.3. The fourth-order valence-electron chi connectivity index (χ4n) is 4.13. The first-order valence-corrected chi connectivity index (χ1v) is 9.82. The number of ether oxygens (including phenoxy) is 2. The van der Waals surface area contributed by atoms with Crippen molar-refractivity contribution in [3.8, 4) is 5.75 Å². The lowest BCUT2D eigenvalue weighted by molar-refractivity contribution is -0.139. The average Bonchev–Trinajstić information content (AvgIpc) is 2.64. The van der Waals surface area contributed by atoms with E-state index >= 15 is 0 Å². The minimum atomic E-state index is -0.445. The highest BCUT2D eigenvalue weighted by Gasteiger charge is 2.43. The maximum absolute atomic E-state index is 13.2. The molecule has 1 heterocycles. The van der Waals surface area contributed by atoms with E-state index < -0.39 is 5.92 Å². The summed E-state index contributed by atoms with van der Waals surface area (Å²) < 4.78 is 10.8. The Kier molecular flexibility index (Phi) is 5.64. The SMILES string of the molecule is CCCOC(=O)C1=C(C)NC2=C(C(=O)CC(C)(C)C2)C1c1cccc(OC)c1. The standard InChI is InChI=1S/C23H29NO4/c1-6-10-28-22(26)19-14(2)24-17-12-23(3,4)13-18(25)21(17)20(19)15-8-7-9-16(11-15)27-5/h7-9,11,20,24H,6,10,12-13H2,1-5H3. The van der Waals surface area contributed by atoms with Gasteiger partial charge in [0.15, 0.2) is 5.78 Å². The lowest BCUT2D eigenvalue weighted by atomic mass is 9.68. The van der Waals surface area contributed by atoms with Gasteiger partial charge in [-0.3, -0.25) is 4.79 Å². The van der Waals surface area contributed by atoms with E-state index in [1.807, 2.05) is 38.1 Å². The molecule has 0 saturated heterocycles. The fraction of sp³-hybridized carbons (Fsp3) is 0.478. The van der Waals surface area contributed by atoms with Crippen molar-refractivity contribution in [3.05, 3.63) is 52.4 Å². The number of carbonyl (C=O) groups is 2. The molecule has 1 unspecified atom stereocenters. The van der Waals surface area contributed by atoms with Gasteiger partial charge in [0.05, 0.1) is 19.3 Å². The highest BCUT2D eigenvalue weighted by Crippen LogP contribution is 2.47. The van der Waals surface area contributed by atoms with E-state index in [-0.39, 0.29) is 17.2 Å². The second-order valence-corrected chi connectivity index (χ2v) is 8.34. The molecule has 0 saturated carbocycles. The number of esters is 1. The Hall–Kier alpha value is -2.56. The minimum Gasteiger partial charge on any atom is -0.497 e. The van der Waals surface area contributed by atoms with Crippen LogP contribution in [0.2, 0.25) is 0 Å². The van der Waals surface area contributed by atoms with Gasteiger partial charge in [-0.1, -0.05) is 32.9 Å². The van der Waals surface area contributed by atoms with Crippen molar-refractivity contribution in [2.45, 2.75) is 52.9 Å². The zero-order chi connectivity index (χ0) is 20.5. The van der Waals surface area contributed by atoms with Crippen LogP contribution in [0.5, 0.6) is 5.75 Å². The maximum atomic E-state index is 13.2. The van der Waals surface area contributed by atoms with Crippen molar-refractivity contribution in [2.75, 3.05) is 13.7 Å². The van der Waals surface area contributed by atoms with Crippen LogP contribution in [-0.4, -0.2) is 25.5 Å². The highest BCUT2D eigenvalue weighted by atomic mass is 16.5. The van der Waals surface area contributed by atoms with Gasteiger partial charge in [0.1, 0.15) is 5.75 Å². The van der Waals surface area contributed by atoms with Crippen LogP contribution in [0.15, 0.2) is 46.8 Å². The van der Waals surface area contributed by atoms with E-state index in [9.17, 15) is 9.59 Å². The number of carbonyl (C=O) groups excluding carboxylic acids is 2. The number of Topliss-reactive ketones (excluding diaryl/α,β-unsaturated/α-hetero) is 1. The molecule has 1 aromatic rings. The normalized spacial score (nSPS) is 21.2. The number of rotatable bonds is 5. The maximum Gasteiger partial charge on any atom is 0.336 e. The molecule has 0 radical (unpaired) electrons. The average molecular weight is 383 g/mol. The van der Waals surface area contributed by atoms with Crippen molar-refractivity contribution < 1.29 is 19.1 Å². The van der Waals surface area contributed by atoms with Gasteiger partial charge in [0.25, 0.3) is 0 Å². The molecule has 5 nitrogen and oxygen atoms in total. The molecule has 1 aliphatic carbocycles. The first kappa shape index (κ1) is 20.2. The number of dihydropyridines is 1. The van der Waals surface area contributed by atoms with Crippen LogP contribution in [0.4, 0.5) is 0 Å². The van der Waals surface area contributed by atoms with Crippen LogP contribution < -0.4 is 10.1 Å². The third kappa shape index (κ3) is 3.84. The summed E-state index contributed by atoms with van der Waals surface area (Å²) in [5.41, 5.74) is 3.61. The van der Waals surface area contributed by atoms with E-state index in [4.69, 9.17) is 9.47 Å². The van der Waals surface area contributed by atoms with Gasteiger partial charge < -0.3 is 14.8 Å². The molecule has 1 aromatic carbocycles. The zero-order valence-corrected chi connectivity index (χ0v) is 17.3. The van der Waals surface area contributed by atoms with Crippen molar-refractivity contribution in [1.82, 2.24) is 5.32 Å². The molecular weight excluding hydrogens is 354 g/mol. The lowest BCUT2D eigenvalue weighted by Crippen LogP contribution is -2.38. The van der Waals surface area contributed by atoms with Gasteiger partial charge in [0.2, 0.25) is 0 Å². The van der Waals surface area contributed by atoms with E-state index in [2.05, 4.69) is 19.2 Å². The molecule has 1 N–H and O–H groups in total. The minimum absolute atomic E-state index is 0.0832. The van der Waals surface area contributed by atoms with Crippen molar-refractivity contribution in [1.29, 1.82) is 0 Å². The predicted octanol–water partition coefficient (Wildman–Crippen LogP) is 4.25. The molecular formula is C23H29NO4. The predicted molar refractivity (Wildman–Crippen MR) is 108 cm³/mol. The Morgan fingerprint density at radius 2 is 2.04 bits per heavy atom. The Morgan fingerprint density at radius 3 is 2.71 bits per heavy atom. The van der Waals surface area contributed by atoms with E-state index in [0.29, 0.717) is 29.9 Å². The van der Waals surface area contributed by atoms with E-state index in [1.54, 1.807) is 7.11 Å². The monoisotopic (exact) mass is 383 g/mol. The first-order valence-electron chi connectivity index (χ1n) is 9.82. The molecule has 2 aliphatic rings. The van der Waals surface area contributed by atoms with Crippen LogP contribution >= 0.6 is 0 Å². The number of benzene rings is 1. The Labute approximate surface area is 166 Å². The van der Waals surface area contributed by atoms with Crippen LogP contribution in [0.25, 0.3) is 0 Å². The lowest BCUT2D eigenvalue weighted by Gasteiger charge is -2.39. The molecule has 0 spiro atoms. The zero-order valence-electron chi connectivity index (χ0n) is 17.3. The summed E-state index contributed by atoms with van der Waals surface area (Å²) >= 11 is 0. The smallest absolute Gasteiger partial charge is 0.336 e. The van der Waals surface area contributed by atoms with Gasteiger partial charge >= 0.3 is 5.97 Å². The van der Waals surface area contributed by atoms with Crippen molar-refractivity contribution in [3.63, 3.8) is 0 Å². The summed E-state index contributed by atoms with van der Waals surface area (Å²) in [5.74, 6) is -0.0382. The molecule has 0 bridgehead atoms. The molecule has 0 amide bonds. The van der Waals surface area contributed by atoms with Crippen LogP contribution in [-0.2, 0) is 14.3 Å². The number of hydrogen-bond donors (Lipinski definition) is 1. The topological polar surface area (TPSA) is 64.6 Å². The molecule has 3 rings (SSSR count). The summed E-state index contributed by atoms with van der Waals surface area (Å²) in [5, 5.41) is 3.35. The molecule has 0 aromatic heterocycles. The Morgan fingerprint density at radius 1 is 1.29 bits per heavy atom. The van der Waals surface area contributed by atoms with Gasteiger partial charge in [-0.05, 0) is 42.9 Å². The van der Waals surface area contributed by atoms with Crippen LogP contribution in [0.3, 0.4) is 0 Å². The van der Waals surface area contributed by atoms with E-state index in [1.165, 1.54) is 0 Å². The second kappa shape index (κ2) is 7.82. The molecule has 28 heavy (non-hydrogen) atoms. The summed E-state index contributed by atoms with van der Waals surface area (Å²) in [6.07, 6.45) is 1.98. The third-order valence-corrected chi connectivity index (χ3v) is 5.32.